The lowest BCUT2D eigenvalue weighted by molar-refractivity contribution is -0.138. The van der Waals surface area contributed by atoms with Crippen LogP contribution in [-0.2, 0) is 17.0 Å². The number of carboxylic acid groups (broad SMARTS) is 1. The summed E-state index contributed by atoms with van der Waals surface area (Å²) in [5, 5.41) is 8.90. The molecule has 0 amide bonds. The van der Waals surface area contributed by atoms with Crippen LogP contribution in [0.4, 0.5) is 5.82 Å². The molecule has 1 atom stereocenters. The molecule has 1 aromatic heterocycles. The number of fused-ring (bicyclic) bond motifs is 1. The van der Waals surface area contributed by atoms with Crippen molar-refractivity contribution in [3.8, 4) is 0 Å². The average molecular weight is 239 g/mol. The number of thioether (sulfide) groups is 1. The van der Waals surface area contributed by atoms with Crippen molar-refractivity contribution in [3.05, 3.63) is 17.1 Å². The molecule has 16 heavy (non-hydrogen) atoms. The summed E-state index contributed by atoms with van der Waals surface area (Å²) in [6, 6.07) is 0. The van der Waals surface area contributed by atoms with Gasteiger partial charge in [-0.1, -0.05) is 0 Å². The molecule has 6 heteroatoms. The van der Waals surface area contributed by atoms with E-state index in [0.29, 0.717) is 11.6 Å². The summed E-state index contributed by atoms with van der Waals surface area (Å²) in [6.07, 6.45) is 0.869. The normalized spacial score (nSPS) is 16.6. The fourth-order valence-electron chi connectivity index (χ4n) is 1.61. The van der Waals surface area contributed by atoms with Crippen molar-refractivity contribution in [2.45, 2.75) is 25.0 Å². The molecular formula is C10H13N3O2S. The third kappa shape index (κ3) is 1.97. The van der Waals surface area contributed by atoms with Crippen LogP contribution in [0.1, 0.15) is 29.9 Å². The average Bonchev–Trinajstić information content (AvgIpc) is 2.28. The van der Waals surface area contributed by atoms with Crippen LogP contribution in [0.5, 0.6) is 0 Å². The minimum Gasteiger partial charge on any atom is -0.481 e. The maximum absolute atomic E-state index is 10.9. The molecule has 0 bridgehead atoms. The second-order valence-corrected chi connectivity index (χ2v) is 4.86. The van der Waals surface area contributed by atoms with E-state index in [9.17, 15) is 4.79 Å². The highest BCUT2D eigenvalue weighted by Gasteiger charge is 2.22. The number of rotatable bonds is 2. The first-order valence-electron chi connectivity index (χ1n) is 5.05. The van der Waals surface area contributed by atoms with Crippen LogP contribution in [-0.4, -0.2) is 26.8 Å². The van der Waals surface area contributed by atoms with Crippen LogP contribution in [0.15, 0.2) is 0 Å². The zero-order valence-electron chi connectivity index (χ0n) is 8.93. The van der Waals surface area contributed by atoms with Crippen LogP contribution in [0.2, 0.25) is 0 Å². The van der Waals surface area contributed by atoms with Crippen LogP contribution in [0.25, 0.3) is 0 Å². The van der Waals surface area contributed by atoms with E-state index in [-0.39, 0.29) is 0 Å². The quantitative estimate of drug-likeness (QED) is 0.801. The number of carboxylic acids is 1. The Balaban J connectivity index is 2.42. The summed E-state index contributed by atoms with van der Waals surface area (Å²) < 4.78 is 0. The molecule has 2 heterocycles. The van der Waals surface area contributed by atoms with Gasteiger partial charge in [0.15, 0.2) is 0 Å². The number of nitrogens with two attached hydrogens (primary N) is 1. The molecule has 86 valence electrons. The molecule has 0 radical (unpaired) electrons. The summed E-state index contributed by atoms with van der Waals surface area (Å²) in [5.74, 6) is 0.928. The molecule has 1 unspecified atom stereocenters. The van der Waals surface area contributed by atoms with Crippen molar-refractivity contribution in [3.63, 3.8) is 0 Å². The van der Waals surface area contributed by atoms with Crippen molar-refractivity contribution in [2.24, 2.45) is 0 Å². The van der Waals surface area contributed by atoms with E-state index < -0.39 is 11.9 Å². The largest absolute Gasteiger partial charge is 0.481 e. The smallest absolute Gasteiger partial charge is 0.313 e. The molecule has 3 N–H and O–H groups in total. The Hall–Kier alpha value is -1.30. The van der Waals surface area contributed by atoms with E-state index in [1.54, 1.807) is 18.7 Å². The molecule has 2 rings (SSSR count). The van der Waals surface area contributed by atoms with Crippen molar-refractivity contribution in [1.82, 2.24) is 9.97 Å². The Bertz CT molecular complexity index is 436. The highest BCUT2D eigenvalue weighted by molar-refractivity contribution is 7.98. The Kier molecular flexibility index (Phi) is 3.00. The molecule has 0 aromatic carbocycles. The first-order chi connectivity index (χ1) is 7.59. The van der Waals surface area contributed by atoms with Gasteiger partial charge in [-0.25, -0.2) is 9.97 Å². The third-order valence-electron chi connectivity index (χ3n) is 2.63. The number of hydrogen-bond donors (Lipinski definition) is 2. The van der Waals surface area contributed by atoms with Crippen molar-refractivity contribution < 1.29 is 9.90 Å². The highest BCUT2D eigenvalue weighted by Crippen LogP contribution is 2.27. The maximum Gasteiger partial charge on any atom is 0.313 e. The van der Waals surface area contributed by atoms with Gasteiger partial charge in [-0.3, -0.25) is 4.79 Å². The summed E-state index contributed by atoms with van der Waals surface area (Å²) in [6.45, 7) is 1.57. The van der Waals surface area contributed by atoms with Crippen molar-refractivity contribution >= 4 is 23.5 Å². The number of nitrogens with zero attached hydrogens (tertiary/aromatic N) is 2. The molecule has 0 aliphatic carbocycles. The van der Waals surface area contributed by atoms with Gasteiger partial charge in [0.25, 0.3) is 0 Å². The van der Waals surface area contributed by atoms with Gasteiger partial charge >= 0.3 is 5.97 Å². The predicted octanol–water partition coefficient (Wildman–Crippen LogP) is 1.04. The van der Waals surface area contributed by atoms with Crippen LogP contribution >= 0.6 is 11.8 Å². The lowest BCUT2D eigenvalue weighted by Gasteiger charge is -2.17. The van der Waals surface area contributed by atoms with E-state index in [1.165, 1.54) is 0 Å². The number of aliphatic carboxylic acids is 1. The molecule has 1 aliphatic heterocycles. The second kappa shape index (κ2) is 4.29. The molecule has 1 aromatic rings. The summed E-state index contributed by atoms with van der Waals surface area (Å²) in [4.78, 5) is 19.2. The highest BCUT2D eigenvalue weighted by atomic mass is 32.2. The minimum absolute atomic E-state index is 0.311. The number of hydrogen-bond acceptors (Lipinski definition) is 5. The van der Waals surface area contributed by atoms with Crippen LogP contribution in [0, 0.1) is 0 Å². The van der Waals surface area contributed by atoms with Gasteiger partial charge in [0.1, 0.15) is 17.6 Å². The fraction of sp³-hybridized carbons (Fsp3) is 0.500. The number of nitrogen functional groups attached to an aromatic ring is 1. The number of anilines is 1. The molecule has 0 spiro atoms. The molecule has 1 aliphatic rings. The zero-order chi connectivity index (χ0) is 11.7. The summed E-state index contributed by atoms with van der Waals surface area (Å²) in [7, 11) is 0. The van der Waals surface area contributed by atoms with Crippen molar-refractivity contribution in [2.75, 3.05) is 11.5 Å². The van der Waals surface area contributed by atoms with Crippen molar-refractivity contribution in [1.29, 1.82) is 0 Å². The van der Waals surface area contributed by atoms with Gasteiger partial charge in [-0.05, 0) is 19.1 Å². The monoisotopic (exact) mass is 239 g/mol. The second-order valence-electron chi connectivity index (χ2n) is 3.75. The fourth-order valence-corrected chi connectivity index (χ4v) is 2.53. The zero-order valence-corrected chi connectivity index (χ0v) is 9.75. The predicted molar refractivity (Wildman–Crippen MR) is 62.4 cm³/mol. The van der Waals surface area contributed by atoms with Gasteiger partial charge < -0.3 is 10.8 Å². The van der Waals surface area contributed by atoms with E-state index in [0.717, 1.165) is 29.2 Å². The Labute approximate surface area is 97.5 Å². The van der Waals surface area contributed by atoms with Gasteiger partial charge in [0.05, 0.1) is 5.69 Å². The van der Waals surface area contributed by atoms with Gasteiger partial charge in [0.2, 0.25) is 0 Å². The number of aromatic nitrogens is 2. The summed E-state index contributed by atoms with van der Waals surface area (Å²) >= 11 is 1.78. The topological polar surface area (TPSA) is 89.1 Å². The Morgan fingerprint density at radius 2 is 2.31 bits per heavy atom. The standard InChI is InChI=1S/C10H13N3O2S/c1-5(10(14)15)9-12-7-4-16-3-2-6(7)8(11)13-9/h5H,2-4H2,1H3,(H,14,15)(H2,11,12,13). The lowest BCUT2D eigenvalue weighted by atomic mass is 10.1. The molecule has 0 saturated carbocycles. The van der Waals surface area contributed by atoms with Gasteiger partial charge in [0, 0.05) is 11.3 Å². The minimum atomic E-state index is -0.928. The van der Waals surface area contributed by atoms with Crippen LogP contribution < -0.4 is 5.73 Å². The number of carbonyl (C=O) groups is 1. The van der Waals surface area contributed by atoms with E-state index in [2.05, 4.69) is 9.97 Å². The Morgan fingerprint density at radius 1 is 1.56 bits per heavy atom. The third-order valence-corrected chi connectivity index (χ3v) is 3.61. The summed E-state index contributed by atoms with van der Waals surface area (Å²) in [5.41, 5.74) is 7.71. The van der Waals surface area contributed by atoms with E-state index >= 15 is 0 Å². The molecular weight excluding hydrogens is 226 g/mol. The van der Waals surface area contributed by atoms with Gasteiger partial charge in [-0.2, -0.15) is 11.8 Å². The lowest BCUT2D eigenvalue weighted by Crippen LogP contribution is -2.17. The van der Waals surface area contributed by atoms with Gasteiger partial charge in [-0.15, -0.1) is 0 Å². The van der Waals surface area contributed by atoms with E-state index in [4.69, 9.17) is 10.8 Å². The molecule has 0 fully saturated rings. The molecule has 5 nitrogen and oxygen atoms in total. The van der Waals surface area contributed by atoms with Crippen LogP contribution in [0.3, 0.4) is 0 Å². The van der Waals surface area contributed by atoms with E-state index in [1.807, 2.05) is 0 Å². The Morgan fingerprint density at radius 3 is 3.00 bits per heavy atom. The maximum atomic E-state index is 10.9. The SMILES string of the molecule is CC(C(=O)O)c1nc(N)c2c(n1)CSCC2. The first-order valence-corrected chi connectivity index (χ1v) is 6.20. The first kappa shape index (κ1) is 11.2. The molecule has 0 saturated heterocycles.